The van der Waals surface area contributed by atoms with Crippen molar-refractivity contribution in [3.05, 3.63) is 47.0 Å². The maximum atomic E-state index is 4.99. The van der Waals surface area contributed by atoms with Crippen LogP contribution in [0.3, 0.4) is 0 Å². The number of thiazole rings is 2. The number of hydrogen-bond donors (Lipinski definition) is 0. The third-order valence-corrected chi connectivity index (χ3v) is 9.16. The Morgan fingerprint density at radius 3 is 2.00 bits per heavy atom. The van der Waals surface area contributed by atoms with Crippen LogP contribution in [0.2, 0.25) is 0 Å². The molecule has 0 aliphatic rings. The van der Waals surface area contributed by atoms with Crippen LogP contribution in [0.4, 0.5) is 0 Å². The Labute approximate surface area is 182 Å². The van der Waals surface area contributed by atoms with E-state index in [1.165, 1.54) is 25.5 Å². The van der Waals surface area contributed by atoms with Gasteiger partial charge in [-0.3, -0.25) is 0 Å². The first-order valence-corrected chi connectivity index (χ1v) is 12.3. The molecule has 4 heteroatoms. The average molecular weight is 423 g/mol. The fraction of sp³-hybridized carbons (Fsp3) is 0.440. The van der Waals surface area contributed by atoms with Crippen LogP contribution in [0.15, 0.2) is 36.4 Å². The first-order chi connectivity index (χ1) is 13.8. The van der Waals surface area contributed by atoms with Crippen LogP contribution in [0, 0.1) is 0 Å². The first kappa shape index (κ1) is 20.5. The predicted molar refractivity (Wildman–Crippen MR) is 129 cm³/mol. The van der Waals surface area contributed by atoms with Crippen LogP contribution < -0.4 is 0 Å². The molecule has 2 nitrogen and oxygen atoms in total. The van der Waals surface area contributed by atoms with E-state index in [-0.39, 0.29) is 10.8 Å². The van der Waals surface area contributed by atoms with Gasteiger partial charge in [-0.15, -0.1) is 22.7 Å². The number of benzene rings is 2. The van der Waals surface area contributed by atoms with Crippen LogP contribution in [0.25, 0.3) is 31.0 Å². The summed E-state index contributed by atoms with van der Waals surface area (Å²) < 4.78 is 2.52. The third-order valence-electron chi connectivity index (χ3n) is 6.77. The van der Waals surface area contributed by atoms with Gasteiger partial charge in [-0.25, -0.2) is 9.97 Å². The fourth-order valence-corrected chi connectivity index (χ4v) is 5.89. The van der Waals surface area contributed by atoms with E-state index in [1.54, 1.807) is 11.3 Å². The zero-order chi connectivity index (χ0) is 20.8. The minimum absolute atomic E-state index is 0.170. The van der Waals surface area contributed by atoms with Gasteiger partial charge >= 0.3 is 0 Å². The smallest absolute Gasteiger partial charge is 0.124 e. The molecule has 0 fully saturated rings. The molecule has 0 aliphatic carbocycles. The molecule has 0 saturated carbocycles. The Bertz CT molecular complexity index is 1090. The summed E-state index contributed by atoms with van der Waals surface area (Å²) >= 11 is 3.63. The molecule has 0 bridgehead atoms. The van der Waals surface area contributed by atoms with Crippen molar-refractivity contribution in [3.8, 4) is 10.6 Å². The van der Waals surface area contributed by atoms with Gasteiger partial charge in [-0.2, -0.15) is 0 Å². The Morgan fingerprint density at radius 1 is 0.759 bits per heavy atom. The van der Waals surface area contributed by atoms with Crippen LogP contribution in [0.1, 0.15) is 71.4 Å². The van der Waals surface area contributed by atoms with E-state index in [0.717, 1.165) is 35.3 Å². The maximum Gasteiger partial charge on any atom is 0.124 e. The Hall–Kier alpha value is -1.78. The standard InChI is InChI=1S/C25H30N2S2/c1-7-24(4,5)17-12-10-16(11-13-17)22-26-18-14-19-21(15-20(18)28-22)29-23(27-19)25(6,8-2)9-3/h10-15H,7-9H2,1-6H3. The van der Waals surface area contributed by atoms with E-state index < -0.39 is 0 Å². The van der Waals surface area contributed by atoms with Gasteiger partial charge in [-0.05, 0) is 42.4 Å². The van der Waals surface area contributed by atoms with E-state index in [9.17, 15) is 0 Å². The summed E-state index contributed by atoms with van der Waals surface area (Å²) in [6.07, 6.45) is 3.37. The van der Waals surface area contributed by atoms with Crippen LogP contribution in [-0.4, -0.2) is 9.97 Å². The summed E-state index contributed by atoms with van der Waals surface area (Å²) in [5, 5.41) is 2.34. The van der Waals surface area contributed by atoms with Crippen molar-refractivity contribution in [1.29, 1.82) is 0 Å². The van der Waals surface area contributed by atoms with E-state index in [1.807, 2.05) is 11.3 Å². The number of hydrogen-bond acceptors (Lipinski definition) is 4. The van der Waals surface area contributed by atoms with Crippen LogP contribution in [0.5, 0.6) is 0 Å². The molecule has 152 valence electrons. The maximum absolute atomic E-state index is 4.99. The highest BCUT2D eigenvalue weighted by atomic mass is 32.1. The highest BCUT2D eigenvalue weighted by molar-refractivity contribution is 7.22. The molecule has 0 saturated heterocycles. The largest absolute Gasteiger partial charge is 0.241 e. The Morgan fingerprint density at radius 2 is 1.38 bits per heavy atom. The van der Waals surface area contributed by atoms with E-state index in [2.05, 4.69) is 77.9 Å². The molecular formula is C25H30N2S2. The van der Waals surface area contributed by atoms with Gasteiger partial charge in [0, 0.05) is 11.0 Å². The molecule has 0 radical (unpaired) electrons. The van der Waals surface area contributed by atoms with Crippen molar-refractivity contribution in [1.82, 2.24) is 9.97 Å². The lowest BCUT2D eigenvalue weighted by atomic mass is 9.82. The molecule has 0 unspecified atom stereocenters. The normalized spacial score (nSPS) is 12.9. The summed E-state index contributed by atoms with van der Waals surface area (Å²) in [5.41, 5.74) is 5.11. The van der Waals surface area contributed by atoms with E-state index in [0.29, 0.717) is 0 Å². The first-order valence-electron chi connectivity index (χ1n) is 10.6. The second-order valence-electron chi connectivity index (χ2n) is 8.91. The average Bonchev–Trinajstić information content (AvgIpc) is 3.34. The zero-order valence-corrected chi connectivity index (χ0v) is 19.9. The molecule has 0 aliphatic heterocycles. The molecule has 4 aromatic rings. The monoisotopic (exact) mass is 422 g/mol. The van der Waals surface area contributed by atoms with Gasteiger partial charge < -0.3 is 0 Å². The molecule has 0 amide bonds. The molecule has 29 heavy (non-hydrogen) atoms. The molecule has 2 aromatic heterocycles. The number of nitrogens with zero attached hydrogens (tertiary/aromatic N) is 2. The second kappa shape index (κ2) is 7.48. The van der Waals surface area contributed by atoms with Crippen molar-refractivity contribution in [2.75, 3.05) is 0 Å². The molecule has 0 spiro atoms. The van der Waals surface area contributed by atoms with Gasteiger partial charge in [0.25, 0.3) is 0 Å². The van der Waals surface area contributed by atoms with Crippen molar-refractivity contribution in [2.24, 2.45) is 0 Å². The minimum atomic E-state index is 0.170. The quantitative estimate of drug-likeness (QED) is 0.312. The molecule has 4 rings (SSSR count). The van der Waals surface area contributed by atoms with Gasteiger partial charge in [0.05, 0.1) is 25.4 Å². The molecule has 2 aromatic carbocycles. The Balaban J connectivity index is 1.72. The number of fused-ring (bicyclic) bond motifs is 2. The highest BCUT2D eigenvalue weighted by Crippen LogP contribution is 2.39. The molecule has 2 heterocycles. The van der Waals surface area contributed by atoms with Crippen molar-refractivity contribution < 1.29 is 0 Å². The van der Waals surface area contributed by atoms with Crippen molar-refractivity contribution in [2.45, 2.75) is 71.6 Å². The molecular weight excluding hydrogens is 392 g/mol. The lowest BCUT2D eigenvalue weighted by Crippen LogP contribution is -2.18. The topological polar surface area (TPSA) is 25.8 Å². The molecule has 0 atom stereocenters. The summed E-state index contributed by atoms with van der Waals surface area (Å²) in [6.45, 7) is 13.7. The zero-order valence-electron chi connectivity index (χ0n) is 18.3. The summed E-state index contributed by atoms with van der Waals surface area (Å²) in [7, 11) is 0. The second-order valence-corrected chi connectivity index (χ2v) is 11.0. The van der Waals surface area contributed by atoms with Crippen molar-refractivity contribution in [3.63, 3.8) is 0 Å². The summed E-state index contributed by atoms with van der Waals surface area (Å²) in [4.78, 5) is 9.93. The SMILES string of the molecule is CCC(C)(C)c1ccc(-c2nc3cc4nc(C(C)(CC)CC)sc4cc3s2)cc1. The van der Waals surface area contributed by atoms with E-state index in [4.69, 9.17) is 9.97 Å². The van der Waals surface area contributed by atoms with Gasteiger partial charge in [0.1, 0.15) is 5.01 Å². The fourth-order valence-electron chi connectivity index (χ4n) is 3.55. The van der Waals surface area contributed by atoms with Gasteiger partial charge in [-0.1, -0.05) is 65.8 Å². The predicted octanol–water partition coefficient (Wildman–Crippen LogP) is 8.34. The Kier molecular flexibility index (Phi) is 5.28. The van der Waals surface area contributed by atoms with Gasteiger partial charge in [0.15, 0.2) is 0 Å². The molecule has 0 N–H and O–H groups in total. The van der Waals surface area contributed by atoms with Crippen molar-refractivity contribution >= 4 is 43.1 Å². The van der Waals surface area contributed by atoms with Crippen LogP contribution in [-0.2, 0) is 10.8 Å². The minimum Gasteiger partial charge on any atom is -0.241 e. The summed E-state index contributed by atoms with van der Waals surface area (Å²) in [6, 6.07) is 13.4. The van der Waals surface area contributed by atoms with Gasteiger partial charge in [0.2, 0.25) is 0 Å². The third kappa shape index (κ3) is 3.62. The number of aromatic nitrogens is 2. The lowest BCUT2D eigenvalue weighted by molar-refractivity contribution is 0.437. The summed E-state index contributed by atoms with van der Waals surface area (Å²) in [5.74, 6) is 0. The number of rotatable bonds is 6. The highest BCUT2D eigenvalue weighted by Gasteiger charge is 2.26. The van der Waals surface area contributed by atoms with Crippen LogP contribution >= 0.6 is 22.7 Å². The van der Waals surface area contributed by atoms with E-state index >= 15 is 0 Å². The lowest BCUT2D eigenvalue weighted by Gasteiger charge is -2.23.